The summed E-state index contributed by atoms with van der Waals surface area (Å²) < 4.78 is 1.78. The van der Waals surface area contributed by atoms with Crippen LogP contribution in [-0.4, -0.2) is 63.0 Å². The summed E-state index contributed by atoms with van der Waals surface area (Å²) in [7, 11) is 1.86. The standard InChI is InChI=1S/C23H29N5O3S/c1-26-19-8-10-27(20(29)12-17-5-3-11-32-17)14-18(19)21(25-26)23(31)28-9-2-4-15(13-28)22(30)24-16-6-7-16/h3,5,11,15-16H,2,4,6-10,12-14H2,1H3,(H,24,30)/t15-/m1/s1. The van der Waals surface area contributed by atoms with E-state index in [0.29, 0.717) is 50.8 Å². The van der Waals surface area contributed by atoms with Gasteiger partial charge in [0.25, 0.3) is 5.91 Å². The number of rotatable bonds is 5. The molecule has 1 saturated carbocycles. The van der Waals surface area contributed by atoms with Crippen LogP contribution >= 0.6 is 11.3 Å². The lowest BCUT2D eigenvalue weighted by molar-refractivity contribution is -0.131. The van der Waals surface area contributed by atoms with Crippen LogP contribution in [0.5, 0.6) is 0 Å². The van der Waals surface area contributed by atoms with Crippen molar-refractivity contribution < 1.29 is 14.4 Å². The van der Waals surface area contributed by atoms with Gasteiger partial charge < -0.3 is 15.1 Å². The highest BCUT2D eigenvalue weighted by Crippen LogP contribution is 2.27. The number of nitrogens with one attached hydrogen (secondary N) is 1. The van der Waals surface area contributed by atoms with Crippen LogP contribution in [0.2, 0.25) is 0 Å². The highest BCUT2D eigenvalue weighted by Gasteiger charge is 2.35. The first-order valence-corrected chi connectivity index (χ1v) is 12.3. The lowest BCUT2D eigenvalue weighted by Crippen LogP contribution is -2.46. The van der Waals surface area contributed by atoms with Crippen LogP contribution in [-0.2, 0) is 36.0 Å². The van der Waals surface area contributed by atoms with Crippen LogP contribution in [0.15, 0.2) is 17.5 Å². The summed E-state index contributed by atoms with van der Waals surface area (Å²) in [6, 6.07) is 4.26. The summed E-state index contributed by atoms with van der Waals surface area (Å²) in [6.45, 7) is 2.12. The second-order valence-corrected chi connectivity index (χ2v) is 10.1. The van der Waals surface area contributed by atoms with E-state index in [9.17, 15) is 14.4 Å². The second-order valence-electron chi connectivity index (χ2n) is 9.09. The zero-order valence-electron chi connectivity index (χ0n) is 18.4. The monoisotopic (exact) mass is 455 g/mol. The van der Waals surface area contributed by atoms with E-state index >= 15 is 0 Å². The summed E-state index contributed by atoms with van der Waals surface area (Å²) in [6.07, 6.45) is 4.82. The van der Waals surface area contributed by atoms with Crippen LogP contribution in [0, 0.1) is 5.92 Å². The van der Waals surface area contributed by atoms with Gasteiger partial charge in [-0.15, -0.1) is 11.3 Å². The van der Waals surface area contributed by atoms with E-state index in [-0.39, 0.29) is 23.6 Å². The number of amides is 3. The third-order valence-electron chi connectivity index (χ3n) is 6.71. The van der Waals surface area contributed by atoms with Crippen molar-refractivity contribution in [2.24, 2.45) is 13.0 Å². The van der Waals surface area contributed by atoms with Crippen molar-refractivity contribution >= 4 is 29.1 Å². The van der Waals surface area contributed by atoms with E-state index in [4.69, 9.17) is 0 Å². The van der Waals surface area contributed by atoms with Gasteiger partial charge >= 0.3 is 0 Å². The molecule has 1 saturated heterocycles. The van der Waals surface area contributed by atoms with Crippen molar-refractivity contribution in [3.05, 3.63) is 39.3 Å². The number of hydrogen-bond acceptors (Lipinski definition) is 5. The van der Waals surface area contributed by atoms with E-state index in [1.54, 1.807) is 20.9 Å². The van der Waals surface area contributed by atoms with Crippen molar-refractivity contribution in [3.63, 3.8) is 0 Å². The normalized spacial score (nSPS) is 20.7. The molecule has 0 spiro atoms. The Bertz CT molecular complexity index is 1030. The number of hydrogen-bond donors (Lipinski definition) is 1. The number of fused-ring (bicyclic) bond motifs is 1. The van der Waals surface area contributed by atoms with Gasteiger partial charge in [-0.25, -0.2) is 0 Å². The summed E-state index contributed by atoms with van der Waals surface area (Å²) in [4.78, 5) is 43.5. The lowest BCUT2D eigenvalue weighted by atomic mass is 9.96. The van der Waals surface area contributed by atoms with E-state index in [0.717, 1.165) is 41.8 Å². The molecular formula is C23H29N5O3S. The number of thiophene rings is 1. The predicted molar refractivity (Wildman–Crippen MR) is 120 cm³/mol. The number of nitrogens with zero attached hydrogens (tertiary/aromatic N) is 4. The minimum absolute atomic E-state index is 0.0680. The zero-order valence-corrected chi connectivity index (χ0v) is 19.2. The molecular weight excluding hydrogens is 426 g/mol. The highest BCUT2D eigenvalue weighted by atomic mass is 32.1. The fourth-order valence-corrected chi connectivity index (χ4v) is 5.42. The largest absolute Gasteiger partial charge is 0.353 e. The molecule has 2 aromatic rings. The molecule has 0 bridgehead atoms. The van der Waals surface area contributed by atoms with E-state index in [1.807, 2.05) is 29.5 Å². The van der Waals surface area contributed by atoms with Gasteiger partial charge in [0.05, 0.1) is 12.3 Å². The predicted octanol–water partition coefficient (Wildman–Crippen LogP) is 1.74. The Labute approximate surface area is 191 Å². The summed E-state index contributed by atoms with van der Waals surface area (Å²) in [5, 5.41) is 9.61. The highest BCUT2D eigenvalue weighted by molar-refractivity contribution is 7.10. The van der Waals surface area contributed by atoms with Gasteiger partial charge in [0.15, 0.2) is 5.69 Å². The second kappa shape index (κ2) is 8.69. The van der Waals surface area contributed by atoms with E-state index < -0.39 is 0 Å². The Kier molecular flexibility index (Phi) is 5.75. The van der Waals surface area contributed by atoms with Gasteiger partial charge in [0.1, 0.15) is 0 Å². The third-order valence-corrected chi connectivity index (χ3v) is 7.58. The zero-order chi connectivity index (χ0) is 22.2. The van der Waals surface area contributed by atoms with Crippen molar-refractivity contribution in [2.75, 3.05) is 19.6 Å². The van der Waals surface area contributed by atoms with Crippen LogP contribution in [0.4, 0.5) is 0 Å². The van der Waals surface area contributed by atoms with Gasteiger partial charge in [-0.1, -0.05) is 6.07 Å². The molecule has 3 amide bonds. The van der Waals surface area contributed by atoms with Gasteiger partial charge in [0, 0.05) is 61.8 Å². The minimum atomic E-state index is -0.156. The molecule has 2 aromatic heterocycles. The Morgan fingerprint density at radius 3 is 2.78 bits per heavy atom. The first-order valence-electron chi connectivity index (χ1n) is 11.4. The number of piperidine rings is 1. The first kappa shape index (κ1) is 21.2. The number of aromatic nitrogens is 2. The summed E-state index contributed by atoms with van der Waals surface area (Å²) >= 11 is 1.58. The number of carbonyl (C=O) groups excluding carboxylic acids is 3. The van der Waals surface area contributed by atoms with Crippen molar-refractivity contribution in [3.8, 4) is 0 Å². The Balaban J connectivity index is 1.30. The van der Waals surface area contributed by atoms with Crippen LogP contribution in [0.3, 0.4) is 0 Å². The molecule has 1 N–H and O–H groups in total. The van der Waals surface area contributed by atoms with Crippen LogP contribution in [0.1, 0.15) is 52.3 Å². The van der Waals surface area contributed by atoms with Crippen LogP contribution < -0.4 is 5.32 Å². The van der Waals surface area contributed by atoms with Gasteiger partial charge in [-0.05, 0) is 37.1 Å². The maximum absolute atomic E-state index is 13.4. The maximum Gasteiger partial charge on any atom is 0.274 e. The van der Waals surface area contributed by atoms with Gasteiger partial charge in [-0.2, -0.15) is 5.10 Å². The molecule has 1 aliphatic carbocycles. The summed E-state index contributed by atoms with van der Waals surface area (Å²) in [5.74, 6) is -0.136. The molecule has 2 fully saturated rings. The van der Waals surface area contributed by atoms with Gasteiger partial charge in [0.2, 0.25) is 11.8 Å². The molecule has 2 aliphatic heterocycles. The van der Waals surface area contributed by atoms with E-state index in [1.165, 1.54) is 0 Å². The molecule has 0 unspecified atom stereocenters. The molecule has 8 nitrogen and oxygen atoms in total. The van der Waals surface area contributed by atoms with Gasteiger partial charge in [-0.3, -0.25) is 19.1 Å². The van der Waals surface area contributed by atoms with Crippen LogP contribution in [0.25, 0.3) is 0 Å². The average Bonchev–Trinajstić information content (AvgIpc) is 3.35. The Morgan fingerprint density at radius 2 is 2.03 bits per heavy atom. The topological polar surface area (TPSA) is 87.5 Å². The number of aryl methyl sites for hydroxylation is 1. The van der Waals surface area contributed by atoms with Crippen molar-refractivity contribution in [2.45, 2.75) is 51.1 Å². The Morgan fingerprint density at radius 1 is 1.19 bits per heavy atom. The minimum Gasteiger partial charge on any atom is -0.353 e. The first-order chi connectivity index (χ1) is 15.5. The Hall–Kier alpha value is -2.68. The molecule has 0 radical (unpaired) electrons. The molecule has 3 aliphatic rings. The molecule has 0 aromatic carbocycles. The molecule has 4 heterocycles. The fourth-order valence-electron chi connectivity index (χ4n) is 4.72. The molecule has 1 atom stereocenters. The van der Waals surface area contributed by atoms with Crippen molar-refractivity contribution in [1.29, 1.82) is 0 Å². The quantitative estimate of drug-likeness (QED) is 0.744. The third kappa shape index (κ3) is 4.30. The van der Waals surface area contributed by atoms with Crippen molar-refractivity contribution in [1.82, 2.24) is 24.9 Å². The van der Waals surface area contributed by atoms with E-state index in [2.05, 4.69) is 10.4 Å². The molecule has 5 rings (SSSR count). The molecule has 9 heteroatoms. The molecule has 32 heavy (non-hydrogen) atoms. The smallest absolute Gasteiger partial charge is 0.274 e. The SMILES string of the molecule is Cn1nc(C(=O)N2CCC[C@@H](C(=O)NC3CC3)C2)c2c1CCN(C(=O)Cc1cccs1)C2. The molecule has 170 valence electrons. The maximum atomic E-state index is 13.4. The summed E-state index contributed by atoms with van der Waals surface area (Å²) in [5.41, 5.74) is 2.31. The number of carbonyl (C=O) groups is 3. The average molecular weight is 456 g/mol. The lowest BCUT2D eigenvalue weighted by Gasteiger charge is -2.32. The number of likely N-dealkylation sites (tertiary alicyclic amines) is 1. The fraction of sp³-hybridized carbons (Fsp3) is 0.565.